The lowest BCUT2D eigenvalue weighted by atomic mass is 10.1. The summed E-state index contributed by atoms with van der Waals surface area (Å²) in [6.45, 7) is 5.28. The fourth-order valence-electron chi connectivity index (χ4n) is 2.03. The third-order valence-corrected chi connectivity index (χ3v) is 3.09. The number of nitrogens with zero attached hydrogens (tertiary/aromatic N) is 1. The van der Waals surface area contributed by atoms with Crippen molar-refractivity contribution in [2.24, 2.45) is 0 Å². The molecule has 1 aromatic carbocycles. The highest BCUT2D eigenvalue weighted by Crippen LogP contribution is 2.21. The van der Waals surface area contributed by atoms with Gasteiger partial charge in [-0.25, -0.2) is 0 Å². The molecule has 0 aliphatic heterocycles. The molecule has 0 fully saturated rings. The van der Waals surface area contributed by atoms with E-state index in [0.29, 0.717) is 11.7 Å². The predicted molar refractivity (Wildman–Crippen MR) is 68.4 cm³/mol. The average Bonchev–Trinajstić information content (AvgIpc) is 2.25. The molecule has 0 bridgehead atoms. The van der Waals surface area contributed by atoms with Crippen LogP contribution in [0, 0.1) is 0 Å². The summed E-state index contributed by atoms with van der Waals surface area (Å²) in [7, 11) is 2.13. The minimum Gasteiger partial charge on any atom is -0.506 e. The number of aromatic hydroxyl groups is 1. The minimum absolute atomic E-state index is 0.161. The summed E-state index contributed by atoms with van der Waals surface area (Å²) in [6, 6.07) is 6.03. The van der Waals surface area contributed by atoms with Crippen LogP contribution in [0.3, 0.4) is 0 Å². The lowest BCUT2D eigenvalue weighted by Crippen LogP contribution is -2.29. The van der Waals surface area contributed by atoms with E-state index in [1.807, 2.05) is 12.1 Å². The van der Waals surface area contributed by atoms with Gasteiger partial charge in [0.1, 0.15) is 5.75 Å². The molecule has 3 N–H and O–H groups in total. The smallest absolute Gasteiger partial charge is 0.138 e. The number of phenols is 1. The van der Waals surface area contributed by atoms with Gasteiger partial charge in [0.2, 0.25) is 0 Å². The normalized spacial score (nSPS) is 11.3. The zero-order chi connectivity index (χ0) is 12.1. The maximum atomic E-state index is 9.34. The maximum absolute atomic E-state index is 9.34. The molecule has 1 rings (SSSR count). The molecule has 0 aliphatic rings. The van der Waals surface area contributed by atoms with E-state index < -0.39 is 0 Å². The lowest BCUT2D eigenvalue weighted by molar-refractivity contribution is 0.222. The van der Waals surface area contributed by atoms with Gasteiger partial charge < -0.3 is 10.8 Å². The molecule has 1 aromatic rings. The van der Waals surface area contributed by atoms with Gasteiger partial charge in [0.15, 0.2) is 0 Å². The summed E-state index contributed by atoms with van der Waals surface area (Å²) in [5.41, 5.74) is 7.27. The fraction of sp³-hybridized carbons (Fsp3) is 0.538. The van der Waals surface area contributed by atoms with Crippen molar-refractivity contribution in [3.63, 3.8) is 0 Å². The van der Waals surface area contributed by atoms with Gasteiger partial charge in [-0.3, -0.25) is 4.90 Å². The first-order valence-electron chi connectivity index (χ1n) is 5.86. The van der Waals surface area contributed by atoms with Crippen molar-refractivity contribution in [1.29, 1.82) is 0 Å². The van der Waals surface area contributed by atoms with E-state index in [1.165, 1.54) is 0 Å². The summed E-state index contributed by atoms with van der Waals surface area (Å²) in [5, 5.41) is 9.34. The van der Waals surface area contributed by atoms with Gasteiger partial charge in [-0.15, -0.1) is 0 Å². The standard InChI is InChI=1S/C13H22N2O/c1-4-11(5-2)15(3)9-10-6-7-13(16)12(14)8-10/h6-8,11,16H,4-5,9,14H2,1-3H3. The molecule has 0 unspecified atom stereocenters. The van der Waals surface area contributed by atoms with Crippen LogP contribution in [0.4, 0.5) is 5.69 Å². The number of benzene rings is 1. The Balaban J connectivity index is 2.69. The maximum Gasteiger partial charge on any atom is 0.138 e. The number of hydrogen-bond acceptors (Lipinski definition) is 3. The van der Waals surface area contributed by atoms with Gasteiger partial charge in [0.25, 0.3) is 0 Å². The van der Waals surface area contributed by atoms with E-state index in [4.69, 9.17) is 5.73 Å². The van der Waals surface area contributed by atoms with Crippen molar-refractivity contribution in [3.05, 3.63) is 23.8 Å². The molecule has 0 aliphatic carbocycles. The zero-order valence-corrected chi connectivity index (χ0v) is 10.4. The number of nitrogen functional groups attached to an aromatic ring is 1. The number of hydrogen-bond donors (Lipinski definition) is 2. The summed E-state index contributed by atoms with van der Waals surface area (Å²) in [6.07, 6.45) is 2.31. The summed E-state index contributed by atoms with van der Waals surface area (Å²) >= 11 is 0. The third-order valence-electron chi connectivity index (χ3n) is 3.09. The first-order valence-corrected chi connectivity index (χ1v) is 5.86. The van der Waals surface area contributed by atoms with Crippen molar-refractivity contribution >= 4 is 5.69 Å². The molecule has 16 heavy (non-hydrogen) atoms. The van der Waals surface area contributed by atoms with Crippen LogP contribution in [0.2, 0.25) is 0 Å². The number of nitrogens with two attached hydrogens (primary N) is 1. The van der Waals surface area contributed by atoms with E-state index in [-0.39, 0.29) is 5.75 Å². The Morgan fingerprint density at radius 3 is 2.44 bits per heavy atom. The zero-order valence-electron chi connectivity index (χ0n) is 10.4. The van der Waals surface area contributed by atoms with E-state index >= 15 is 0 Å². The SMILES string of the molecule is CCC(CC)N(C)Cc1ccc(O)c(N)c1. The van der Waals surface area contributed by atoms with E-state index in [2.05, 4.69) is 25.8 Å². The summed E-state index contributed by atoms with van der Waals surface area (Å²) < 4.78 is 0. The van der Waals surface area contributed by atoms with Crippen LogP contribution in [0.15, 0.2) is 18.2 Å². The second kappa shape index (κ2) is 5.75. The van der Waals surface area contributed by atoms with Crippen LogP contribution >= 0.6 is 0 Å². The van der Waals surface area contributed by atoms with Crippen molar-refractivity contribution in [2.45, 2.75) is 39.3 Å². The van der Waals surface area contributed by atoms with Crippen LogP contribution in [0.25, 0.3) is 0 Å². The summed E-state index contributed by atoms with van der Waals surface area (Å²) in [4.78, 5) is 2.33. The van der Waals surface area contributed by atoms with Crippen LogP contribution in [0.5, 0.6) is 5.75 Å². The highest BCUT2D eigenvalue weighted by atomic mass is 16.3. The lowest BCUT2D eigenvalue weighted by Gasteiger charge is -2.26. The van der Waals surface area contributed by atoms with E-state index in [0.717, 1.165) is 24.9 Å². The molecule has 0 saturated carbocycles. The van der Waals surface area contributed by atoms with Crippen LogP contribution in [0.1, 0.15) is 32.3 Å². The molecule has 3 nitrogen and oxygen atoms in total. The second-order valence-electron chi connectivity index (χ2n) is 4.28. The van der Waals surface area contributed by atoms with Gasteiger partial charge in [0, 0.05) is 12.6 Å². The molecule has 0 amide bonds. The van der Waals surface area contributed by atoms with Crippen LogP contribution < -0.4 is 5.73 Å². The number of phenolic OH excluding ortho intramolecular Hbond substituents is 1. The molecule has 0 saturated heterocycles. The topological polar surface area (TPSA) is 49.5 Å². The van der Waals surface area contributed by atoms with Gasteiger partial charge in [-0.2, -0.15) is 0 Å². The van der Waals surface area contributed by atoms with Crippen molar-refractivity contribution in [1.82, 2.24) is 4.90 Å². The average molecular weight is 222 g/mol. The Bertz CT molecular complexity index is 335. The van der Waals surface area contributed by atoms with Crippen molar-refractivity contribution < 1.29 is 5.11 Å². The number of anilines is 1. The minimum atomic E-state index is 0.161. The Morgan fingerprint density at radius 1 is 1.31 bits per heavy atom. The molecular formula is C13H22N2O. The summed E-state index contributed by atoms with van der Waals surface area (Å²) in [5.74, 6) is 0.161. The van der Waals surface area contributed by atoms with Gasteiger partial charge in [0.05, 0.1) is 5.69 Å². The van der Waals surface area contributed by atoms with E-state index in [1.54, 1.807) is 6.07 Å². The number of rotatable bonds is 5. The Hall–Kier alpha value is -1.22. The highest BCUT2D eigenvalue weighted by molar-refractivity contribution is 5.53. The Kier molecular flexibility index (Phi) is 4.62. The molecule has 0 heterocycles. The van der Waals surface area contributed by atoms with Crippen LogP contribution in [-0.2, 0) is 6.54 Å². The molecule has 0 radical (unpaired) electrons. The molecular weight excluding hydrogens is 200 g/mol. The Labute approximate surface area is 97.9 Å². The molecule has 0 aromatic heterocycles. The van der Waals surface area contributed by atoms with Crippen molar-refractivity contribution in [2.75, 3.05) is 12.8 Å². The molecule has 0 spiro atoms. The highest BCUT2D eigenvalue weighted by Gasteiger charge is 2.11. The largest absolute Gasteiger partial charge is 0.506 e. The first-order chi connectivity index (χ1) is 7.58. The van der Waals surface area contributed by atoms with E-state index in [9.17, 15) is 5.11 Å². The second-order valence-corrected chi connectivity index (χ2v) is 4.28. The van der Waals surface area contributed by atoms with Crippen molar-refractivity contribution in [3.8, 4) is 5.75 Å². The molecule has 90 valence electrons. The van der Waals surface area contributed by atoms with Gasteiger partial charge in [-0.1, -0.05) is 19.9 Å². The monoisotopic (exact) mass is 222 g/mol. The third kappa shape index (κ3) is 3.14. The first kappa shape index (κ1) is 12.8. The Morgan fingerprint density at radius 2 is 1.94 bits per heavy atom. The van der Waals surface area contributed by atoms with Gasteiger partial charge >= 0.3 is 0 Å². The predicted octanol–water partition coefficient (Wildman–Crippen LogP) is 2.59. The quantitative estimate of drug-likeness (QED) is 0.594. The van der Waals surface area contributed by atoms with Gasteiger partial charge in [-0.05, 0) is 37.6 Å². The van der Waals surface area contributed by atoms with Crippen LogP contribution in [-0.4, -0.2) is 23.1 Å². The molecule has 3 heteroatoms. The fourth-order valence-corrected chi connectivity index (χ4v) is 2.03. The molecule has 0 atom stereocenters.